The smallest absolute Gasteiger partial charge is 0.151 e. The van der Waals surface area contributed by atoms with Gasteiger partial charge in [-0.2, -0.15) is 0 Å². The van der Waals surface area contributed by atoms with Crippen LogP contribution in [0.15, 0.2) is 43.0 Å². The van der Waals surface area contributed by atoms with Crippen molar-refractivity contribution in [3.8, 4) is 0 Å². The quantitative estimate of drug-likeness (QED) is 0.425. The molecule has 0 saturated carbocycles. The summed E-state index contributed by atoms with van der Waals surface area (Å²) in [6.45, 7) is 3.54. The van der Waals surface area contributed by atoms with E-state index in [2.05, 4.69) is 12.1 Å². The average Bonchev–Trinajstić information content (AvgIpc) is 2.25. The van der Waals surface area contributed by atoms with Gasteiger partial charge in [0.25, 0.3) is 0 Å². The SMILES string of the molecule is C=CC[C@H](C=O)ONc1ccccc1. The van der Waals surface area contributed by atoms with Gasteiger partial charge in [-0.1, -0.05) is 24.3 Å². The molecule has 0 aliphatic rings. The van der Waals surface area contributed by atoms with Crippen LogP contribution < -0.4 is 5.48 Å². The molecule has 0 saturated heterocycles. The summed E-state index contributed by atoms with van der Waals surface area (Å²) < 4.78 is 0. The fraction of sp³-hybridized carbons (Fsp3) is 0.182. The molecule has 1 rings (SSSR count). The van der Waals surface area contributed by atoms with Gasteiger partial charge in [-0.3, -0.25) is 10.3 Å². The molecule has 1 N–H and O–H groups in total. The maximum Gasteiger partial charge on any atom is 0.151 e. The molecule has 0 aromatic heterocycles. The van der Waals surface area contributed by atoms with Gasteiger partial charge in [-0.15, -0.1) is 6.58 Å². The van der Waals surface area contributed by atoms with Crippen molar-refractivity contribution in [2.24, 2.45) is 0 Å². The second-order valence-corrected chi connectivity index (χ2v) is 2.78. The van der Waals surface area contributed by atoms with Gasteiger partial charge in [-0.05, 0) is 12.1 Å². The zero-order valence-electron chi connectivity index (χ0n) is 7.85. The summed E-state index contributed by atoms with van der Waals surface area (Å²) in [4.78, 5) is 15.6. The number of hydrogen-bond donors (Lipinski definition) is 1. The molecule has 0 bridgehead atoms. The normalized spacial score (nSPS) is 11.7. The van der Waals surface area contributed by atoms with Crippen LogP contribution in [0.4, 0.5) is 5.69 Å². The predicted molar refractivity (Wildman–Crippen MR) is 55.8 cm³/mol. The van der Waals surface area contributed by atoms with Crippen molar-refractivity contribution in [1.82, 2.24) is 0 Å². The number of anilines is 1. The molecule has 3 nitrogen and oxygen atoms in total. The van der Waals surface area contributed by atoms with Crippen LogP contribution in [-0.4, -0.2) is 12.4 Å². The summed E-state index contributed by atoms with van der Waals surface area (Å²) >= 11 is 0. The molecular weight excluding hydrogens is 178 g/mol. The lowest BCUT2D eigenvalue weighted by atomic mass is 10.3. The summed E-state index contributed by atoms with van der Waals surface area (Å²) in [5.74, 6) is 0. The first-order chi connectivity index (χ1) is 6.86. The highest BCUT2D eigenvalue weighted by Gasteiger charge is 2.04. The fourth-order valence-electron chi connectivity index (χ4n) is 0.946. The first-order valence-electron chi connectivity index (χ1n) is 4.39. The highest BCUT2D eigenvalue weighted by molar-refractivity contribution is 5.56. The third-order valence-corrected chi connectivity index (χ3v) is 1.65. The van der Waals surface area contributed by atoms with Crippen molar-refractivity contribution in [2.45, 2.75) is 12.5 Å². The van der Waals surface area contributed by atoms with Gasteiger partial charge in [0, 0.05) is 6.42 Å². The zero-order chi connectivity index (χ0) is 10.2. The highest BCUT2D eigenvalue weighted by atomic mass is 16.7. The Kier molecular flexibility index (Phi) is 4.44. The van der Waals surface area contributed by atoms with Crippen molar-refractivity contribution in [3.05, 3.63) is 43.0 Å². The molecule has 3 heteroatoms. The summed E-state index contributed by atoms with van der Waals surface area (Å²) in [7, 11) is 0. The lowest BCUT2D eigenvalue weighted by molar-refractivity contribution is -0.116. The Morgan fingerprint density at radius 3 is 2.71 bits per heavy atom. The van der Waals surface area contributed by atoms with Gasteiger partial charge in [0.05, 0.1) is 5.69 Å². The minimum absolute atomic E-state index is 0.479. The van der Waals surface area contributed by atoms with Gasteiger partial charge in [-0.25, -0.2) is 0 Å². The predicted octanol–water partition coefficient (Wildman–Crippen LogP) is 2.17. The number of rotatable bonds is 6. The highest BCUT2D eigenvalue weighted by Crippen LogP contribution is 2.06. The van der Waals surface area contributed by atoms with Gasteiger partial charge in [0.1, 0.15) is 6.10 Å². The molecule has 1 aromatic carbocycles. The first-order valence-corrected chi connectivity index (χ1v) is 4.39. The third-order valence-electron chi connectivity index (χ3n) is 1.65. The van der Waals surface area contributed by atoms with Crippen molar-refractivity contribution < 1.29 is 9.63 Å². The molecule has 0 aliphatic heterocycles. The fourth-order valence-corrected chi connectivity index (χ4v) is 0.946. The van der Waals surface area contributed by atoms with Crippen molar-refractivity contribution in [2.75, 3.05) is 5.48 Å². The number of carbonyl (C=O) groups excluding carboxylic acids is 1. The van der Waals surface area contributed by atoms with E-state index in [0.717, 1.165) is 12.0 Å². The second kappa shape index (κ2) is 5.94. The molecule has 0 heterocycles. The Morgan fingerprint density at radius 2 is 2.14 bits per heavy atom. The Hall–Kier alpha value is -1.61. The van der Waals surface area contributed by atoms with Crippen molar-refractivity contribution in [3.63, 3.8) is 0 Å². The maximum atomic E-state index is 10.5. The number of hydrogen-bond acceptors (Lipinski definition) is 3. The van der Waals surface area contributed by atoms with E-state index in [4.69, 9.17) is 4.84 Å². The van der Waals surface area contributed by atoms with E-state index in [1.165, 1.54) is 0 Å². The minimum Gasteiger partial charge on any atom is -0.300 e. The number of nitrogens with one attached hydrogen (secondary N) is 1. The number of carbonyl (C=O) groups is 1. The third kappa shape index (κ3) is 3.41. The van der Waals surface area contributed by atoms with Crippen LogP contribution in [0.5, 0.6) is 0 Å². The molecule has 0 fully saturated rings. The Balaban J connectivity index is 2.39. The molecule has 0 aliphatic carbocycles. The van der Waals surface area contributed by atoms with Gasteiger partial charge < -0.3 is 4.79 Å². The van der Waals surface area contributed by atoms with Crippen molar-refractivity contribution in [1.29, 1.82) is 0 Å². The molecule has 0 amide bonds. The van der Waals surface area contributed by atoms with Gasteiger partial charge >= 0.3 is 0 Å². The van der Waals surface area contributed by atoms with E-state index >= 15 is 0 Å². The number of para-hydroxylation sites is 1. The maximum absolute atomic E-state index is 10.5. The van der Waals surface area contributed by atoms with E-state index < -0.39 is 6.10 Å². The minimum atomic E-state index is -0.479. The van der Waals surface area contributed by atoms with Crippen LogP contribution in [-0.2, 0) is 9.63 Å². The number of aldehydes is 1. The lowest BCUT2D eigenvalue weighted by Gasteiger charge is -2.10. The number of benzene rings is 1. The molecule has 74 valence electrons. The van der Waals surface area contributed by atoms with Crippen LogP contribution in [0.2, 0.25) is 0 Å². The van der Waals surface area contributed by atoms with Crippen LogP contribution in [0.3, 0.4) is 0 Å². The Labute approximate surface area is 83.3 Å². The van der Waals surface area contributed by atoms with Gasteiger partial charge in [0.15, 0.2) is 6.29 Å². The molecule has 14 heavy (non-hydrogen) atoms. The molecule has 0 unspecified atom stereocenters. The second-order valence-electron chi connectivity index (χ2n) is 2.78. The largest absolute Gasteiger partial charge is 0.300 e. The average molecular weight is 191 g/mol. The Morgan fingerprint density at radius 1 is 1.43 bits per heavy atom. The van der Waals surface area contributed by atoms with E-state index in [9.17, 15) is 4.79 Å². The summed E-state index contributed by atoms with van der Waals surface area (Å²) in [5.41, 5.74) is 3.52. The summed E-state index contributed by atoms with van der Waals surface area (Å²) in [6.07, 6.45) is 2.42. The molecule has 0 radical (unpaired) electrons. The molecule has 0 spiro atoms. The Bertz CT molecular complexity index is 285. The molecular formula is C11H13NO2. The zero-order valence-corrected chi connectivity index (χ0v) is 7.85. The summed E-state index contributed by atoms with van der Waals surface area (Å²) in [5, 5.41) is 0. The van der Waals surface area contributed by atoms with Crippen LogP contribution in [0, 0.1) is 0 Å². The molecule has 1 aromatic rings. The van der Waals surface area contributed by atoms with Crippen LogP contribution >= 0.6 is 0 Å². The monoisotopic (exact) mass is 191 g/mol. The molecule has 1 atom stereocenters. The van der Waals surface area contributed by atoms with E-state index in [1.54, 1.807) is 6.08 Å². The van der Waals surface area contributed by atoms with Gasteiger partial charge in [0.2, 0.25) is 0 Å². The van der Waals surface area contributed by atoms with Crippen LogP contribution in [0.1, 0.15) is 6.42 Å². The van der Waals surface area contributed by atoms with E-state index in [0.29, 0.717) is 6.42 Å². The standard InChI is InChI=1S/C11H13NO2/c1-2-6-11(9-13)14-12-10-7-4-3-5-8-10/h2-5,7-9,11-12H,1,6H2/t11-/m1/s1. The topological polar surface area (TPSA) is 38.3 Å². The van der Waals surface area contributed by atoms with Crippen LogP contribution in [0.25, 0.3) is 0 Å². The van der Waals surface area contributed by atoms with E-state index in [1.807, 2.05) is 30.3 Å². The van der Waals surface area contributed by atoms with Crippen molar-refractivity contribution >= 4 is 12.0 Å². The van der Waals surface area contributed by atoms with E-state index in [-0.39, 0.29) is 0 Å². The lowest BCUT2D eigenvalue weighted by Crippen LogP contribution is -2.17. The summed E-state index contributed by atoms with van der Waals surface area (Å²) in [6, 6.07) is 9.39. The first kappa shape index (κ1) is 10.5.